The number of nitrogens with zero attached hydrogens (tertiary/aromatic N) is 1. The first-order valence-electron chi connectivity index (χ1n) is 7.06. The van der Waals surface area contributed by atoms with Crippen LogP contribution in [0.15, 0.2) is 42.7 Å². The minimum absolute atomic E-state index is 0.0532. The van der Waals surface area contributed by atoms with E-state index in [1.54, 1.807) is 7.11 Å². The lowest BCUT2D eigenvalue weighted by Crippen LogP contribution is -2.20. The van der Waals surface area contributed by atoms with Gasteiger partial charge in [-0.2, -0.15) is 0 Å². The summed E-state index contributed by atoms with van der Waals surface area (Å²) in [6.07, 6.45) is 3.72. The summed E-state index contributed by atoms with van der Waals surface area (Å²) in [7, 11) is 3.62. The molecule has 21 heavy (non-hydrogen) atoms. The molecule has 0 aliphatic rings. The number of benzene rings is 1. The minimum Gasteiger partial charge on any atom is -0.491 e. The molecule has 4 nitrogen and oxygen atoms in total. The van der Waals surface area contributed by atoms with Crippen molar-refractivity contribution in [2.75, 3.05) is 27.4 Å². The molecule has 0 aliphatic carbocycles. The lowest BCUT2D eigenvalue weighted by Gasteiger charge is -2.21. The molecule has 0 spiro atoms. The van der Waals surface area contributed by atoms with Crippen LogP contribution in [-0.2, 0) is 4.74 Å². The number of aromatic nitrogens is 1. The molecule has 1 atom stereocenters. The van der Waals surface area contributed by atoms with Crippen LogP contribution < -0.4 is 10.1 Å². The maximum atomic E-state index is 5.84. The number of rotatable bonds is 7. The first kappa shape index (κ1) is 15.5. The maximum absolute atomic E-state index is 5.84. The highest BCUT2D eigenvalue weighted by Crippen LogP contribution is 2.30. The molecular formula is C17H22N2O2. The van der Waals surface area contributed by atoms with Crippen molar-refractivity contribution in [3.8, 4) is 5.75 Å². The molecule has 0 bridgehead atoms. The Labute approximate surface area is 126 Å². The van der Waals surface area contributed by atoms with Crippen molar-refractivity contribution >= 4 is 0 Å². The lowest BCUT2D eigenvalue weighted by atomic mass is 9.96. The highest BCUT2D eigenvalue weighted by molar-refractivity contribution is 5.43. The fraction of sp³-hybridized carbons (Fsp3) is 0.353. The van der Waals surface area contributed by atoms with E-state index in [4.69, 9.17) is 9.47 Å². The van der Waals surface area contributed by atoms with Gasteiger partial charge in [0.15, 0.2) is 0 Å². The van der Waals surface area contributed by atoms with Gasteiger partial charge in [0.25, 0.3) is 0 Å². The summed E-state index contributed by atoms with van der Waals surface area (Å²) < 4.78 is 10.9. The van der Waals surface area contributed by atoms with E-state index in [1.807, 2.05) is 43.7 Å². The van der Waals surface area contributed by atoms with E-state index < -0.39 is 0 Å². The molecule has 2 rings (SSSR count). The summed E-state index contributed by atoms with van der Waals surface area (Å²) in [6.45, 7) is 3.20. The number of methoxy groups -OCH3 is 1. The molecule has 1 heterocycles. The summed E-state index contributed by atoms with van der Waals surface area (Å²) in [5.41, 5.74) is 3.46. The van der Waals surface area contributed by atoms with Gasteiger partial charge in [-0.3, -0.25) is 4.98 Å². The van der Waals surface area contributed by atoms with Gasteiger partial charge in [0, 0.05) is 25.1 Å². The first-order chi connectivity index (χ1) is 10.3. The van der Waals surface area contributed by atoms with E-state index in [-0.39, 0.29) is 6.04 Å². The molecule has 0 saturated heterocycles. The molecule has 0 saturated carbocycles. The minimum atomic E-state index is 0.0532. The fourth-order valence-electron chi connectivity index (χ4n) is 2.34. The Morgan fingerprint density at radius 3 is 2.67 bits per heavy atom. The number of hydrogen-bond donors (Lipinski definition) is 1. The zero-order chi connectivity index (χ0) is 15.1. The zero-order valence-electron chi connectivity index (χ0n) is 12.8. The molecule has 1 N–H and O–H groups in total. The summed E-state index contributed by atoms with van der Waals surface area (Å²) in [5, 5.41) is 3.36. The molecule has 1 aromatic heterocycles. The smallest absolute Gasteiger partial charge is 0.124 e. The van der Waals surface area contributed by atoms with Crippen LogP contribution in [0, 0.1) is 6.92 Å². The van der Waals surface area contributed by atoms with Crippen molar-refractivity contribution in [1.82, 2.24) is 10.3 Å². The van der Waals surface area contributed by atoms with Gasteiger partial charge in [0.05, 0.1) is 12.6 Å². The monoisotopic (exact) mass is 286 g/mol. The van der Waals surface area contributed by atoms with Crippen LogP contribution >= 0.6 is 0 Å². The van der Waals surface area contributed by atoms with Crippen molar-refractivity contribution in [3.63, 3.8) is 0 Å². The molecule has 1 unspecified atom stereocenters. The van der Waals surface area contributed by atoms with Gasteiger partial charge in [0.2, 0.25) is 0 Å². The van der Waals surface area contributed by atoms with E-state index in [9.17, 15) is 0 Å². The van der Waals surface area contributed by atoms with Crippen LogP contribution in [0.2, 0.25) is 0 Å². The van der Waals surface area contributed by atoms with Gasteiger partial charge in [-0.15, -0.1) is 0 Å². The number of nitrogens with one attached hydrogen (secondary N) is 1. The Morgan fingerprint density at radius 2 is 1.95 bits per heavy atom. The average molecular weight is 286 g/mol. The van der Waals surface area contributed by atoms with Crippen LogP contribution in [0.5, 0.6) is 5.75 Å². The van der Waals surface area contributed by atoms with Gasteiger partial charge in [0.1, 0.15) is 12.4 Å². The maximum Gasteiger partial charge on any atom is 0.124 e. The SMILES string of the molecule is CNC(c1cnccc1C)c1ccccc1OCCOC. The molecule has 112 valence electrons. The second-order valence-corrected chi connectivity index (χ2v) is 4.83. The average Bonchev–Trinajstić information content (AvgIpc) is 2.51. The normalized spacial score (nSPS) is 12.1. The topological polar surface area (TPSA) is 43.4 Å². The van der Waals surface area contributed by atoms with Crippen molar-refractivity contribution < 1.29 is 9.47 Å². The van der Waals surface area contributed by atoms with Gasteiger partial charge in [-0.25, -0.2) is 0 Å². The van der Waals surface area contributed by atoms with E-state index >= 15 is 0 Å². The van der Waals surface area contributed by atoms with E-state index in [0.717, 1.165) is 16.9 Å². The van der Waals surface area contributed by atoms with Gasteiger partial charge >= 0.3 is 0 Å². The van der Waals surface area contributed by atoms with Crippen molar-refractivity contribution in [1.29, 1.82) is 0 Å². The predicted octanol–water partition coefficient (Wildman–Crippen LogP) is 2.72. The Kier molecular flexibility index (Phi) is 5.72. The molecule has 2 aromatic rings. The standard InChI is InChI=1S/C17H22N2O2/c1-13-8-9-19-12-15(13)17(18-2)14-6-4-5-7-16(14)21-11-10-20-3/h4-9,12,17-18H,10-11H2,1-3H3. The molecule has 4 heteroatoms. The quantitative estimate of drug-likeness (QED) is 0.795. The van der Waals surface area contributed by atoms with Crippen molar-refractivity contribution in [2.24, 2.45) is 0 Å². The summed E-state index contributed by atoms with van der Waals surface area (Å²) in [6, 6.07) is 10.1. The molecule has 0 radical (unpaired) electrons. The van der Waals surface area contributed by atoms with E-state index in [0.29, 0.717) is 13.2 Å². The molecule has 0 amide bonds. The Hall–Kier alpha value is -1.91. The van der Waals surface area contributed by atoms with Gasteiger partial charge < -0.3 is 14.8 Å². The number of hydrogen-bond acceptors (Lipinski definition) is 4. The fourth-order valence-corrected chi connectivity index (χ4v) is 2.34. The van der Waals surface area contributed by atoms with Crippen LogP contribution in [0.4, 0.5) is 0 Å². The largest absolute Gasteiger partial charge is 0.491 e. The Balaban J connectivity index is 2.32. The van der Waals surface area contributed by atoms with Crippen LogP contribution in [0.3, 0.4) is 0 Å². The number of aryl methyl sites for hydroxylation is 1. The molecule has 1 aromatic carbocycles. The first-order valence-corrected chi connectivity index (χ1v) is 7.06. The molecule has 0 aliphatic heterocycles. The number of para-hydroxylation sites is 1. The lowest BCUT2D eigenvalue weighted by molar-refractivity contribution is 0.145. The van der Waals surface area contributed by atoms with Crippen molar-refractivity contribution in [3.05, 3.63) is 59.4 Å². The van der Waals surface area contributed by atoms with Gasteiger partial charge in [-0.05, 0) is 37.2 Å². The Bertz CT molecular complexity index is 572. The van der Waals surface area contributed by atoms with Crippen LogP contribution in [0.1, 0.15) is 22.7 Å². The molecule has 0 fully saturated rings. The summed E-state index contributed by atoms with van der Waals surface area (Å²) in [5.74, 6) is 0.872. The number of pyridine rings is 1. The number of ether oxygens (including phenoxy) is 2. The second-order valence-electron chi connectivity index (χ2n) is 4.83. The van der Waals surface area contributed by atoms with Crippen LogP contribution in [-0.4, -0.2) is 32.4 Å². The highest BCUT2D eigenvalue weighted by atomic mass is 16.5. The Morgan fingerprint density at radius 1 is 1.14 bits per heavy atom. The summed E-state index contributed by atoms with van der Waals surface area (Å²) >= 11 is 0. The van der Waals surface area contributed by atoms with E-state index in [1.165, 1.54) is 5.56 Å². The second kappa shape index (κ2) is 7.76. The van der Waals surface area contributed by atoms with Crippen LogP contribution in [0.25, 0.3) is 0 Å². The third-order valence-corrected chi connectivity index (χ3v) is 3.45. The summed E-state index contributed by atoms with van der Waals surface area (Å²) in [4.78, 5) is 4.24. The van der Waals surface area contributed by atoms with E-state index in [2.05, 4.69) is 23.3 Å². The molecular weight excluding hydrogens is 264 g/mol. The van der Waals surface area contributed by atoms with Crippen molar-refractivity contribution in [2.45, 2.75) is 13.0 Å². The predicted molar refractivity (Wildman–Crippen MR) is 83.7 cm³/mol. The van der Waals surface area contributed by atoms with Gasteiger partial charge in [-0.1, -0.05) is 18.2 Å². The zero-order valence-corrected chi connectivity index (χ0v) is 12.8. The highest BCUT2D eigenvalue weighted by Gasteiger charge is 2.18. The third kappa shape index (κ3) is 3.80. The third-order valence-electron chi connectivity index (χ3n) is 3.45.